The number of alkyl halides is 6. The lowest BCUT2D eigenvalue weighted by atomic mass is 9.97. The van der Waals surface area contributed by atoms with Crippen molar-refractivity contribution >= 4 is 22.8 Å². The number of nitrogens with zero attached hydrogens (tertiary/aromatic N) is 3. The monoisotopic (exact) mass is 518 g/mol. The van der Waals surface area contributed by atoms with Gasteiger partial charge in [0.2, 0.25) is 0 Å². The minimum atomic E-state index is -5.54. The van der Waals surface area contributed by atoms with Crippen LogP contribution in [0, 0.1) is 5.92 Å². The van der Waals surface area contributed by atoms with Gasteiger partial charge < -0.3 is 14.6 Å². The zero-order valence-corrected chi connectivity index (χ0v) is 19.8. The largest absolute Gasteiger partial charge is 0.443 e. The number of para-hydroxylation sites is 1. The minimum absolute atomic E-state index is 0.0438. The lowest BCUT2D eigenvalue weighted by Gasteiger charge is -2.23. The summed E-state index contributed by atoms with van der Waals surface area (Å²) in [4.78, 5) is 29.9. The molecule has 0 fully saturated rings. The predicted octanol–water partition coefficient (Wildman–Crippen LogP) is 5.35. The summed E-state index contributed by atoms with van der Waals surface area (Å²) in [6.45, 7) is 4.47. The van der Waals surface area contributed by atoms with Gasteiger partial charge >= 0.3 is 18.4 Å². The number of hydrogen-bond donors (Lipinski definition) is 1. The Morgan fingerprint density at radius 2 is 1.69 bits per heavy atom. The molecule has 0 aliphatic rings. The van der Waals surface area contributed by atoms with Crippen LogP contribution >= 0.6 is 0 Å². The molecule has 7 nitrogen and oxygen atoms in total. The van der Waals surface area contributed by atoms with Gasteiger partial charge in [-0.3, -0.25) is 4.79 Å². The smallest absolute Gasteiger partial charge is 0.420 e. The molecule has 0 spiro atoms. The molecule has 0 bridgehead atoms. The van der Waals surface area contributed by atoms with Crippen molar-refractivity contribution in [3.8, 4) is 0 Å². The molecule has 13 heteroatoms. The van der Waals surface area contributed by atoms with Gasteiger partial charge in [0.15, 0.2) is 5.92 Å². The number of rotatable bonds is 5. The molecular formula is C23H24F6N4O3. The Balaban J connectivity index is 2.20. The summed E-state index contributed by atoms with van der Waals surface area (Å²) in [5.74, 6) is -3.72. The molecule has 2 aromatic heterocycles. The van der Waals surface area contributed by atoms with Crippen LogP contribution in [0.25, 0.3) is 11.0 Å². The van der Waals surface area contributed by atoms with Gasteiger partial charge in [0.25, 0.3) is 5.56 Å². The molecule has 0 unspecified atom stereocenters. The zero-order valence-electron chi connectivity index (χ0n) is 19.8. The van der Waals surface area contributed by atoms with Crippen molar-refractivity contribution in [2.24, 2.45) is 5.92 Å². The maximum absolute atomic E-state index is 13.2. The van der Waals surface area contributed by atoms with E-state index in [-0.39, 0.29) is 34.7 Å². The molecule has 36 heavy (non-hydrogen) atoms. The van der Waals surface area contributed by atoms with Crippen LogP contribution in [0.1, 0.15) is 32.2 Å². The fraction of sp³-hybridized carbons (Fsp3) is 0.435. The first kappa shape index (κ1) is 27.1. The molecule has 2 heterocycles. The molecule has 0 atom stereocenters. The fourth-order valence-corrected chi connectivity index (χ4v) is 3.63. The third kappa shape index (κ3) is 5.82. The summed E-state index contributed by atoms with van der Waals surface area (Å²) in [5, 5.41) is 2.71. The molecular weight excluding hydrogens is 494 g/mol. The van der Waals surface area contributed by atoms with Crippen molar-refractivity contribution in [1.29, 1.82) is 0 Å². The number of ether oxygens (including phenoxy) is 1. The minimum Gasteiger partial charge on any atom is -0.443 e. The van der Waals surface area contributed by atoms with Crippen LogP contribution in [0.2, 0.25) is 0 Å². The topological polar surface area (TPSA) is 78.2 Å². The van der Waals surface area contributed by atoms with Gasteiger partial charge in [-0.05, 0) is 51.0 Å². The summed E-state index contributed by atoms with van der Waals surface area (Å²) < 4.78 is 87.0. The number of carbonyl (C=O) groups excluding carboxylic acids is 1. The van der Waals surface area contributed by atoms with Crippen molar-refractivity contribution < 1.29 is 35.9 Å². The number of pyridine rings is 1. The standard InChI is InChI=1S/C23H24F6N4O3/c1-21(2,3)36-20(35)33-15-9-5-7-13(11-16(22(24,25)26)23(27,28)29)18(15)31-17(33)12-32-10-6-8-14(30-4)19(32)34/h5-10,16,30H,11-12H2,1-4H3. The number of halogens is 6. The van der Waals surface area contributed by atoms with Crippen LogP contribution in [-0.4, -0.2) is 45.2 Å². The van der Waals surface area contributed by atoms with E-state index in [0.29, 0.717) is 0 Å². The van der Waals surface area contributed by atoms with Crippen molar-refractivity contribution in [2.75, 3.05) is 12.4 Å². The average Bonchev–Trinajstić information content (AvgIpc) is 3.09. The van der Waals surface area contributed by atoms with E-state index in [1.165, 1.54) is 36.0 Å². The summed E-state index contributed by atoms with van der Waals surface area (Å²) in [5.41, 5.74) is -1.84. The highest BCUT2D eigenvalue weighted by Crippen LogP contribution is 2.42. The third-order valence-corrected chi connectivity index (χ3v) is 5.23. The van der Waals surface area contributed by atoms with Crippen LogP contribution in [0.4, 0.5) is 36.8 Å². The second-order valence-corrected chi connectivity index (χ2v) is 9.07. The second-order valence-electron chi connectivity index (χ2n) is 9.07. The molecule has 1 aromatic carbocycles. The van der Waals surface area contributed by atoms with Gasteiger partial charge in [0.05, 0.1) is 17.6 Å². The number of benzene rings is 1. The summed E-state index contributed by atoms with van der Waals surface area (Å²) in [6.07, 6.45) is -12.1. The number of aromatic nitrogens is 3. The Morgan fingerprint density at radius 3 is 2.25 bits per heavy atom. The van der Waals surface area contributed by atoms with Gasteiger partial charge in [-0.1, -0.05) is 12.1 Å². The highest BCUT2D eigenvalue weighted by molar-refractivity contribution is 5.89. The summed E-state index contributed by atoms with van der Waals surface area (Å²) in [7, 11) is 1.53. The lowest BCUT2D eigenvalue weighted by Crippen LogP contribution is -2.38. The van der Waals surface area contributed by atoms with E-state index >= 15 is 0 Å². The van der Waals surface area contributed by atoms with Crippen molar-refractivity contribution in [3.63, 3.8) is 0 Å². The first-order chi connectivity index (χ1) is 16.5. The van der Waals surface area contributed by atoms with E-state index in [9.17, 15) is 35.9 Å². The summed E-state index contributed by atoms with van der Waals surface area (Å²) in [6, 6.07) is 6.74. The normalized spacial score (nSPS) is 12.9. The van der Waals surface area contributed by atoms with Crippen molar-refractivity contribution in [1.82, 2.24) is 14.1 Å². The van der Waals surface area contributed by atoms with E-state index < -0.39 is 41.9 Å². The molecule has 0 saturated carbocycles. The first-order valence-corrected chi connectivity index (χ1v) is 10.8. The maximum Gasteiger partial charge on any atom is 0.420 e. The van der Waals surface area contributed by atoms with E-state index in [4.69, 9.17) is 4.74 Å². The fourth-order valence-electron chi connectivity index (χ4n) is 3.63. The molecule has 3 aromatic rings. The van der Waals surface area contributed by atoms with Gasteiger partial charge in [0, 0.05) is 13.2 Å². The Kier molecular flexibility index (Phi) is 7.15. The van der Waals surface area contributed by atoms with Crippen molar-refractivity contribution in [2.45, 2.75) is 51.7 Å². The number of fused-ring (bicyclic) bond motifs is 1. The molecule has 0 aliphatic heterocycles. The SMILES string of the molecule is CNc1cccn(Cc2nc3c(CC(C(F)(F)F)C(F)(F)F)cccc3n2C(=O)OC(C)(C)C)c1=O. The Labute approximate surface area is 201 Å². The third-order valence-electron chi connectivity index (χ3n) is 5.23. The maximum atomic E-state index is 13.2. The summed E-state index contributed by atoms with van der Waals surface area (Å²) >= 11 is 0. The predicted molar refractivity (Wildman–Crippen MR) is 120 cm³/mol. The number of carbonyl (C=O) groups is 1. The van der Waals surface area contributed by atoms with Crippen LogP contribution in [0.3, 0.4) is 0 Å². The molecule has 1 N–H and O–H groups in total. The van der Waals surface area contributed by atoms with E-state index in [1.807, 2.05) is 0 Å². The molecule has 0 saturated heterocycles. The van der Waals surface area contributed by atoms with Gasteiger partial charge in [-0.15, -0.1) is 0 Å². The molecule has 3 rings (SSSR count). The number of hydrogen-bond acceptors (Lipinski definition) is 5. The Bertz CT molecular complexity index is 1300. The van der Waals surface area contributed by atoms with Crippen LogP contribution in [-0.2, 0) is 17.7 Å². The molecule has 0 amide bonds. The van der Waals surface area contributed by atoms with E-state index in [2.05, 4.69) is 10.3 Å². The zero-order chi connectivity index (χ0) is 27.1. The van der Waals surface area contributed by atoms with Gasteiger partial charge in [-0.25, -0.2) is 14.3 Å². The van der Waals surface area contributed by atoms with Gasteiger partial charge in [0.1, 0.15) is 17.1 Å². The first-order valence-electron chi connectivity index (χ1n) is 10.8. The van der Waals surface area contributed by atoms with Gasteiger partial charge in [-0.2, -0.15) is 26.3 Å². The number of anilines is 1. The van der Waals surface area contributed by atoms with Crippen LogP contribution < -0.4 is 10.9 Å². The van der Waals surface area contributed by atoms with E-state index in [1.54, 1.807) is 26.8 Å². The molecule has 0 radical (unpaired) electrons. The second kappa shape index (κ2) is 9.51. The lowest BCUT2D eigenvalue weighted by molar-refractivity contribution is -0.283. The average molecular weight is 518 g/mol. The highest BCUT2D eigenvalue weighted by Gasteiger charge is 2.56. The number of imidazole rings is 1. The van der Waals surface area contributed by atoms with Crippen LogP contribution in [0.5, 0.6) is 0 Å². The Morgan fingerprint density at radius 1 is 1.06 bits per heavy atom. The van der Waals surface area contributed by atoms with Crippen molar-refractivity contribution in [3.05, 3.63) is 58.3 Å². The Hall–Kier alpha value is -3.51. The highest BCUT2D eigenvalue weighted by atomic mass is 19.4. The number of nitrogens with one attached hydrogen (secondary N) is 1. The molecule has 196 valence electrons. The van der Waals surface area contributed by atoms with E-state index in [0.717, 1.165) is 10.6 Å². The molecule has 0 aliphatic carbocycles. The quantitative estimate of drug-likeness (QED) is 0.461. The van der Waals surface area contributed by atoms with Crippen LogP contribution in [0.15, 0.2) is 41.3 Å².